The van der Waals surface area contributed by atoms with Gasteiger partial charge in [0.25, 0.3) is 0 Å². The zero-order chi connectivity index (χ0) is 22.0. The number of nitrogens with zero attached hydrogens (tertiary/aromatic N) is 3. The number of aromatic nitrogens is 3. The first kappa shape index (κ1) is 20.4. The summed E-state index contributed by atoms with van der Waals surface area (Å²) in [6.07, 6.45) is -2.06. The van der Waals surface area contributed by atoms with Crippen molar-refractivity contribution in [3.8, 4) is 0 Å². The van der Waals surface area contributed by atoms with Gasteiger partial charge in [-0.1, -0.05) is 6.07 Å². The number of hydrogen-bond acceptors (Lipinski definition) is 7. The van der Waals surface area contributed by atoms with Gasteiger partial charge in [-0.05, 0) is 29.8 Å². The van der Waals surface area contributed by atoms with Gasteiger partial charge in [0.15, 0.2) is 0 Å². The van der Waals surface area contributed by atoms with Crippen molar-refractivity contribution in [1.82, 2.24) is 15.0 Å². The van der Waals surface area contributed by atoms with Crippen LogP contribution in [0.3, 0.4) is 0 Å². The molecule has 1 amide bonds. The number of rotatable bonds is 6. The smallest absolute Gasteiger partial charge is 0.373 e. The lowest BCUT2D eigenvalue weighted by molar-refractivity contribution is -0.137. The molecule has 0 saturated heterocycles. The van der Waals surface area contributed by atoms with E-state index in [1.54, 1.807) is 43.6 Å². The summed E-state index contributed by atoms with van der Waals surface area (Å²) in [6, 6.07) is 8.58. The molecule has 0 atom stereocenters. The Kier molecular flexibility index (Phi) is 5.32. The maximum Gasteiger partial charge on any atom is 0.421 e. The van der Waals surface area contributed by atoms with Crippen molar-refractivity contribution in [2.45, 2.75) is 19.1 Å². The summed E-state index contributed by atoms with van der Waals surface area (Å²) >= 11 is 0. The number of hydrogen-bond donors (Lipinski definition) is 4. The van der Waals surface area contributed by atoms with Crippen LogP contribution in [0.4, 0.5) is 42.1 Å². The van der Waals surface area contributed by atoms with Gasteiger partial charge in [0.2, 0.25) is 11.9 Å². The number of pyridine rings is 1. The molecule has 0 radical (unpaired) electrons. The molecular weight excluding hydrogens is 411 g/mol. The molecule has 8 nitrogen and oxygen atoms in total. The Hall–Kier alpha value is -3.89. The van der Waals surface area contributed by atoms with Gasteiger partial charge in [-0.15, -0.1) is 0 Å². The number of nitrogens with one attached hydrogen (secondary N) is 4. The predicted molar refractivity (Wildman–Crippen MR) is 110 cm³/mol. The molecule has 1 aliphatic heterocycles. The largest absolute Gasteiger partial charge is 0.421 e. The average Bonchev–Trinajstić information content (AvgIpc) is 3.11. The van der Waals surface area contributed by atoms with Crippen LogP contribution in [0.15, 0.2) is 42.7 Å². The zero-order valence-electron chi connectivity index (χ0n) is 16.3. The van der Waals surface area contributed by atoms with E-state index in [1.807, 2.05) is 0 Å². The number of benzene rings is 1. The molecule has 0 aliphatic carbocycles. The summed E-state index contributed by atoms with van der Waals surface area (Å²) in [5.74, 6) is 0.0830. The second-order valence-electron chi connectivity index (χ2n) is 6.79. The van der Waals surface area contributed by atoms with Gasteiger partial charge in [-0.25, -0.2) is 9.97 Å². The van der Waals surface area contributed by atoms with Crippen molar-refractivity contribution in [2.75, 3.05) is 28.3 Å². The normalized spacial score (nSPS) is 12.8. The third-order valence-corrected chi connectivity index (χ3v) is 4.66. The SMILES string of the molecule is CNc1ncccc1CNc1nc(Nc2ccc3c(c2)CC(=O)N3)ncc1C(F)(F)F. The summed E-state index contributed by atoms with van der Waals surface area (Å²) < 4.78 is 40.4. The highest BCUT2D eigenvalue weighted by Gasteiger charge is 2.35. The number of fused-ring (bicyclic) bond motifs is 1. The van der Waals surface area contributed by atoms with E-state index in [-0.39, 0.29) is 30.6 Å². The summed E-state index contributed by atoms with van der Waals surface area (Å²) in [5, 5.41) is 11.3. The second kappa shape index (κ2) is 8.09. The van der Waals surface area contributed by atoms with Gasteiger partial charge < -0.3 is 21.3 Å². The molecule has 1 aromatic carbocycles. The lowest BCUT2D eigenvalue weighted by Crippen LogP contribution is -2.15. The highest BCUT2D eigenvalue weighted by atomic mass is 19.4. The maximum atomic E-state index is 13.5. The topological polar surface area (TPSA) is 104 Å². The third-order valence-electron chi connectivity index (χ3n) is 4.66. The number of halogens is 3. The van der Waals surface area contributed by atoms with Crippen molar-refractivity contribution < 1.29 is 18.0 Å². The number of alkyl halides is 3. The zero-order valence-corrected chi connectivity index (χ0v) is 16.3. The number of carbonyl (C=O) groups is 1. The molecule has 3 heterocycles. The first-order valence-electron chi connectivity index (χ1n) is 9.33. The predicted octanol–water partition coefficient (Wildman–Crippen LogP) is 3.78. The van der Waals surface area contributed by atoms with E-state index < -0.39 is 11.7 Å². The molecule has 4 N–H and O–H groups in total. The summed E-state index contributed by atoms with van der Waals surface area (Å²) in [5.41, 5.74) is 1.77. The Bertz CT molecular complexity index is 1130. The molecule has 160 valence electrons. The lowest BCUT2D eigenvalue weighted by atomic mass is 10.1. The van der Waals surface area contributed by atoms with Crippen molar-refractivity contribution in [2.24, 2.45) is 0 Å². The fraction of sp³-hybridized carbons (Fsp3) is 0.200. The van der Waals surface area contributed by atoms with E-state index in [9.17, 15) is 18.0 Å². The van der Waals surface area contributed by atoms with E-state index in [4.69, 9.17) is 0 Å². The Morgan fingerprint density at radius 3 is 2.77 bits per heavy atom. The van der Waals surface area contributed by atoms with Crippen molar-refractivity contribution in [3.63, 3.8) is 0 Å². The molecule has 0 spiro atoms. The average molecular weight is 429 g/mol. The molecule has 0 fully saturated rings. The Morgan fingerprint density at radius 2 is 2.00 bits per heavy atom. The maximum absolute atomic E-state index is 13.5. The van der Waals surface area contributed by atoms with Crippen LogP contribution in [0.2, 0.25) is 0 Å². The highest BCUT2D eigenvalue weighted by Crippen LogP contribution is 2.35. The van der Waals surface area contributed by atoms with Gasteiger partial charge >= 0.3 is 6.18 Å². The number of carbonyl (C=O) groups excluding carboxylic acids is 1. The van der Waals surface area contributed by atoms with E-state index in [2.05, 4.69) is 36.2 Å². The third kappa shape index (κ3) is 4.49. The molecule has 0 saturated carbocycles. The van der Waals surface area contributed by atoms with E-state index in [0.29, 0.717) is 22.8 Å². The van der Waals surface area contributed by atoms with Gasteiger partial charge in [-0.2, -0.15) is 18.2 Å². The molecule has 2 aromatic heterocycles. The quantitative estimate of drug-likeness (QED) is 0.473. The number of amides is 1. The summed E-state index contributed by atoms with van der Waals surface area (Å²) in [4.78, 5) is 23.5. The first-order valence-corrected chi connectivity index (χ1v) is 9.33. The van der Waals surface area contributed by atoms with Gasteiger partial charge in [0, 0.05) is 42.9 Å². The van der Waals surface area contributed by atoms with Crippen LogP contribution in [0.25, 0.3) is 0 Å². The van der Waals surface area contributed by atoms with Crippen LogP contribution in [0.5, 0.6) is 0 Å². The molecule has 31 heavy (non-hydrogen) atoms. The molecule has 3 aromatic rings. The van der Waals surface area contributed by atoms with Crippen LogP contribution in [0, 0.1) is 0 Å². The molecule has 1 aliphatic rings. The van der Waals surface area contributed by atoms with E-state index >= 15 is 0 Å². The molecular formula is C20H18F3N7O. The second-order valence-corrected chi connectivity index (χ2v) is 6.79. The van der Waals surface area contributed by atoms with Crippen LogP contribution < -0.4 is 21.3 Å². The van der Waals surface area contributed by atoms with Crippen molar-refractivity contribution in [3.05, 3.63) is 59.4 Å². The van der Waals surface area contributed by atoms with Gasteiger partial charge in [0.05, 0.1) is 6.42 Å². The molecule has 0 unspecified atom stereocenters. The van der Waals surface area contributed by atoms with Crippen LogP contribution in [-0.4, -0.2) is 27.9 Å². The van der Waals surface area contributed by atoms with E-state index in [1.165, 1.54) is 0 Å². The monoisotopic (exact) mass is 429 g/mol. The van der Waals surface area contributed by atoms with Gasteiger partial charge in [0.1, 0.15) is 17.2 Å². The number of anilines is 5. The standard InChI is InChI=1S/C20H18F3N7O/c1-24-17-11(3-2-6-25-17)9-26-18-14(20(21,22)23)10-27-19(30-18)28-13-4-5-15-12(7-13)8-16(31)29-15/h2-7,10H,8-9H2,1H3,(H,24,25)(H,29,31)(H2,26,27,28,30). The molecule has 4 rings (SSSR count). The first-order chi connectivity index (χ1) is 14.8. The Morgan fingerprint density at radius 1 is 1.16 bits per heavy atom. The highest BCUT2D eigenvalue weighted by molar-refractivity contribution is 5.99. The van der Waals surface area contributed by atoms with Crippen LogP contribution >= 0.6 is 0 Å². The summed E-state index contributed by atoms with van der Waals surface area (Å²) in [6.45, 7) is 0.0795. The van der Waals surface area contributed by atoms with Crippen molar-refractivity contribution in [1.29, 1.82) is 0 Å². The minimum absolute atomic E-state index is 0.00670. The van der Waals surface area contributed by atoms with Crippen molar-refractivity contribution >= 4 is 34.9 Å². The fourth-order valence-electron chi connectivity index (χ4n) is 3.21. The summed E-state index contributed by atoms with van der Waals surface area (Å²) in [7, 11) is 1.68. The molecule has 0 bridgehead atoms. The minimum atomic E-state index is -4.62. The van der Waals surface area contributed by atoms with Crippen LogP contribution in [0.1, 0.15) is 16.7 Å². The molecule has 11 heteroatoms. The van der Waals surface area contributed by atoms with E-state index in [0.717, 1.165) is 11.8 Å². The Balaban J connectivity index is 1.59. The lowest BCUT2D eigenvalue weighted by Gasteiger charge is -2.16. The minimum Gasteiger partial charge on any atom is -0.373 e. The fourth-order valence-corrected chi connectivity index (χ4v) is 3.21. The van der Waals surface area contributed by atoms with Gasteiger partial charge in [-0.3, -0.25) is 4.79 Å². The Labute approximate surface area is 175 Å². The van der Waals surface area contributed by atoms with Crippen LogP contribution in [-0.2, 0) is 23.9 Å².